The van der Waals surface area contributed by atoms with E-state index >= 15 is 105 Å². The molecule has 0 unspecified atom stereocenters. The predicted octanol–water partition coefficient (Wildman–Crippen LogP) is 12.8. The number of para-hydroxylation sites is 1. The third kappa shape index (κ3) is 7.73. The molecular weight excluding hydrogens is 1160 g/mol. The summed E-state index contributed by atoms with van der Waals surface area (Å²) in [6.07, 6.45) is -8.05. The van der Waals surface area contributed by atoms with Gasteiger partial charge in [-0.2, -0.15) is 0 Å². The summed E-state index contributed by atoms with van der Waals surface area (Å²) < 4.78 is 446. The summed E-state index contributed by atoms with van der Waals surface area (Å²) in [6.45, 7) is 6.76. The molecule has 0 radical (unpaired) electrons. The molecule has 9 aromatic carbocycles. The lowest BCUT2D eigenvalue weighted by Crippen LogP contribution is -3.06. The molecule has 1 nitrogen and oxygen atoms in total. The van der Waals surface area contributed by atoms with Gasteiger partial charge in [0, 0.05) is 0 Å². The number of fused-ring (bicyclic) bond motifs is 4. The molecule has 0 bridgehead atoms. The minimum Gasteiger partial charge on any atom is -0.303 e. The quantitative estimate of drug-likeness (QED) is 0.0702. The molecule has 1 N–H and O–H groups in total. The highest BCUT2D eigenvalue weighted by molar-refractivity contribution is 7.23. The van der Waals surface area contributed by atoms with Gasteiger partial charge in [0.15, 0.2) is 140 Å². The van der Waals surface area contributed by atoms with Gasteiger partial charge in [-0.1, -0.05) is 18.2 Å². The van der Waals surface area contributed by atoms with Crippen LogP contribution in [0, 0.1) is 163 Å². The molecule has 420 valence electrons. The standard InChI is InChI=1S/C40BF28.C10H15N/c42-13-1-5(21(50)37(66)33(13)62)17(46)29(58)25(54)9(1)41(10-2-6(18(47)30(59)26(10)55)22(51)38(67)34(63)14(2)43,11-3-7(19(48)31(60)27(11)56)23(52)39(68)35(64)15(3)44)12-4-8(20(49)32(61)28(12)57)24(53)40(69)36(65)16(4)45;1-3-11(4-2)10-8-6-5-7-9-10/h;5-9H,3-4H2,1-2H3/q-1;/p+1. The highest BCUT2D eigenvalue weighted by Gasteiger charge is 2.52. The molecule has 30 heteroatoms. The molecule has 0 fully saturated rings. The Morgan fingerprint density at radius 2 is 0.388 bits per heavy atom. The van der Waals surface area contributed by atoms with Gasteiger partial charge in [0.1, 0.15) is 35.1 Å². The van der Waals surface area contributed by atoms with Gasteiger partial charge in [0.25, 0.3) is 0 Å². The van der Waals surface area contributed by atoms with Crippen LogP contribution in [0.5, 0.6) is 0 Å². The first-order chi connectivity index (χ1) is 37.4. The maximum absolute atomic E-state index is 17.3. The fraction of sp³-hybridized carbons (Fsp3) is 0.0800. The average molecular weight is 1170 g/mol. The van der Waals surface area contributed by atoms with Crippen LogP contribution in [0.3, 0.4) is 0 Å². The minimum absolute atomic E-state index is 1.17. The van der Waals surface area contributed by atoms with E-state index in [0.29, 0.717) is 0 Å². The van der Waals surface area contributed by atoms with Crippen LogP contribution in [-0.4, -0.2) is 19.2 Å². The Morgan fingerprint density at radius 3 is 0.562 bits per heavy atom. The van der Waals surface area contributed by atoms with Crippen LogP contribution in [0.1, 0.15) is 13.8 Å². The monoisotopic (exact) mass is 1170 g/mol. The number of rotatable bonds is 7. The predicted molar refractivity (Wildman–Crippen MR) is 227 cm³/mol. The van der Waals surface area contributed by atoms with Gasteiger partial charge in [-0.15, -0.1) is 21.9 Å². The summed E-state index contributed by atoms with van der Waals surface area (Å²) in [6, 6.07) is 10.6. The van der Waals surface area contributed by atoms with Crippen molar-refractivity contribution < 1.29 is 128 Å². The number of nitrogens with one attached hydrogen (secondary N) is 1. The number of hydrogen-bond acceptors (Lipinski definition) is 0. The highest BCUT2D eigenvalue weighted by Crippen LogP contribution is 2.42. The molecule has 0 saturated heterocycles. The van der Waals surface area contributed by atoms with Crippen LogP contribution in [-0.2, 0) is 0 Å². The third-order valence-electron chi connectivity index (χ3n) is 13.3. The van der Waals surface area contributed by atoms with Crippen LogP contribution < -0.4 is 26.8 Å². The Labute approximate surface area is 424 Å². The number of hydrogen-bond donors (Lipinski definition) is 1. The molecular formula is C50H16BF28N. The van der Waals surface area contributed by atoms with E-state index in [1.54, 1.807) is 4.90 Å². The van der Waals surface area contributed by atoms with Crippen LogP contribution in [0.2, 0.25) is 0 Å². The zero-order valence-corrected chi connectivity index (χ0v) is 38.5. The SMILES string of the molecule is CC[NH+](CC)c1ccccc1.Fc1c(F)c(F)c2c([B-](c3c(F)c(F)c(F)c4c(F)c(F)c(F)c(F)c34)(c3c(F)c(F)c(F)c4c(F)c(F)c(F)c(F)c34)c3c(F)c(F)c(F)c4c(F)c(F)c(F)c(F)c34)c(F)c(F)c(F)c2c1F. The van der Waals surface area contributed by atoms with Gasteiger partial charge < -0.3 is 4.90 Å². The molecule has 0 aromatic heterocycles. The molecule has 0 saturated carbocycles. The molecule has 0 amide bonds. The Kier molecular flexibility index (Phi) is 14.8. The second-order valence-electron chi connectivity index (χ2n) is 17.0. The molecule has 0 atom stereocenters. The van der Waals surface area contributed by atoms with Crippen molar-refractivity contribution >= 4 is 76.8 Å². The first-order valence-electron chi connectivity index (χ1n) is 21.7. The fourth-order valence-corrected chi connectivity index (χ4v) is 9.92. The van der Waals surface area contributed by atoms with Gasteiger partial charge >= 0.3 is 0 Å². The van der Waals surface area contributed by atoms with Crippen LogP contribution in [0.25, 0.3) is 43.1 Å². The summed E-state index contributed by atoms with van der Waals surface area (Å²) in [5.74, 6) is -104. The Bertz CT molecular complexity index is 3680. The third-order valence-corrected chi connectivity index (χ3v) is 13.3. The molecule has 9 rings (SSSR count). The average Bonchev–Trinajstić information content (AvgIpc) is 3.56. The first kappa shape index (κ1) is 58.2. The van der Waals surface area contributed by atoms with Gasteiger partial charge in [-0.25, -0.2) is 123 Å². The zero-order valence-electron chi connectivity index (χ0n) is 38.5. The zero-order chi connectivity index (χ0) is 59.7. The van der Waals surface area contributed by atoms with Gasteiger partial charge in [-0.3, -0.25) is 0 Å². The van der Waals surface area contributed by atoms with Gasteiger partial charge in [-0.05, 0) is 47.5 Å². The lowest BCUT2D eigenvalue weighted by atomic mass is 9.11. The van der Waals surface area contributed by atoms with E-state index in [1.165, 1.54) is 18.8 Å². The van der Waals surface area contributed by atoms with E-state index in [9.17, 15) is 17.6 Å². The number of benzene rings is 9. The van der Waals surface area contributed by atoms with Crippen molar-refractivity contribution in [2.24, 2.45) is 0 Å². The van der Waals surface area contributed by atoms with Crippen molar-refractivity contribution in [2.45, 2.75) is 13.8 Å². The molecule has 9 aromatic rings. The maximum atomic E-state index is 17.3. The topological polar surface area (TPSA) is 4.44 Å². The van der Waals surface area contributed by atoms with E-state index in [0.717, 1.165) is 0 Å². The maximum Gasteiger partial charge on any atom is 0.198 e. The summed E-state index contributed by atoms with van der Waals surface area (Å²) in [7, 11) is 0. The van der Waals surface area contributed by atoms with E-state index in [-0.39, 0.29) is 0 Å². The van der Waals surface area contributed by atoms with Crippen molar-refractivity contribution in [3.63, 3.8) is 0 Å². The minimum atomic E-state index is -8.05. The first-order valence-corrected chi connectivity index (χ1v) is 21.7. The molecule has 0 aliphatic rings. The summed E-state index contributed by atoms with van der Waals surface area (Å²) >= 11 is 0. The van der Waals surface area contributed by atoms with E-state index in [1.807, 2.05) is 0 Å². The second-order valence-corrected chi connectivity index (χ2v) is 17.0. The molecule has 0 aliphatic carbocycles. The Hall–Kier alpha value is -7.92. The number of quaternary nitrogens is 1. The van der Waals surface area contributed by atoms with E-state index < -0.39 is 234 Å². The smallest absolute Gasteiger partial charge is 0.198 e. The molecule has 0 heterocycles. The Morgan fingerprint density at radius 1 is 0.225 bits per heavy atom. The van der Waals surface area contributed by atoms with E-state index in [4.69, 9.17) is 0 Å². The van der Waals surface area contributed by atoms with Crippen molar-refractivity contribution in [1.29, 1.82) is 0 Å². The van der Waals surface area contributed by atoms with Crippen molar-refractivity contribution in [3.05, 3.63) is 193 Å². The molecule has 0 spiro atoms. The van der Waals surface area contributed by atoms with Gasteiger partial charge in [0.2, 0.25) is 0 Å². The largest absolute Gasteiger partial charge is 0.303 e. The highest BCUT2D eigenvalue weighted by atomic mass is 19.2. The molecule has 80 heavy (non-hydrogen) atoms. The Balaban J connectivity index is 0.000000683. The van der Waals surface area contributed by atoms with Crippen molar-refractivity contribution in [2.75, 3.05) is 13.1 Å². The lowest BCUT2D eigenvalue weighted by Gasteiger charge is -2.47. The molecule has 0 aliphatic heterocycles. The van der Waals surface area contributed by atoms with Crippen LogP contribution >= 0.6 is 0 Å². The van der Waals surface area contributed by atoms with E-state index in [2.05, 4.69) is 44.2 Å². The summed E-state index contributed by atoms with van der Waals surface area (Å²) in [5, 5.41) is -27.0. The summed E-state index contributed by atoms with van der Waals surface area (Å²) in [5.41, 5.74) is -14.1. The fourth-order valence-electron chi connectivity index (χ4n) is 9.92. The lowest BCUT2D eigenvalue weighted by molar-refractivity contribution is -0.828. The summed E-state index contributed by atoms with van der Waals surface area (Å²) in [4.78, 5) is 1.55. The van der Waals surface area contributed by atoms with Crippen LogP contribution in [0.4, 0.5) is 129 Å². The van der Waals surface area contributed by atoms with Gasteiger partial charge in [0.05, 0.1) is 34.6 Å². The van der Waals surface area contributed by atoms with Crippen molar-refractivity contribution in [1.82, 2.24) is 0 Å². The second kappa shape index (κ2) is 20.3. The van der Waals surface area contributed by atoms with Crippen LogP contribution in [0.15, 0.2) is 30.3 Å². The normalized spacial score (nSPS) is 12.1. The number of halogens is 28. The van der Waals surface area contributed by atoms with Crippen molar-refractivity contribution in [3.8, 4) is 0 Å².